The summed E-state index contributed by atoms with van der Waals surface area (Å²) in [5.74, 6) is 1.47. The lowest BCUT2D eigenvalue weighted by Crippen LogP contribution is -2.34. The van der Waals surface area contributed by atoms with E-state index in [1.54, 1.807) is 0 Å². The molecular formula is C14H20ClN3. The fourth-order valence-corrected chi connectivity index (χ4v) is 2.24. The highest BCUT2D eigenvalue weighted by molar-refractivity contribution is 6.17. The van der Waals surface area contributed by atoms with Gasteiger partial charge >= 0.3 is 0 Å². The largest absolute Gasteiger partial charge is 0.352 e. The summed E-state index contributed by atoms with van der Waals surface area (Å²) in [6.45, 7) is 6.62. The Hall–Kier alpha value is -1.22. The lowest BCUT2D eigenvalue weighted by molar-refractivity contribution is 0.333. The number of halogens is 1. The number of rotatable bonds is 4. The molecule has 0 aliphatic rings. The Kier molecular flexibility index (Phi) is 3.81. The first-order valence-electron chi connectivity index (χ1n) is 6.28. The molecule has 18 heavy (non-hydrogen) atoms. The highest BCUT2D eigenvalue weighted by Gasteiger charge is 2.24. The van der Waals surface area contributed by atoms with Crippen molar-refractivity contribution in [2.75, 3.05) is 11.2 Å². The predicted octanol–water partition coefficient (Wildman–Crippen LogP) is 4.02. The van der Waals surface area contributed by atoms with E-state index in [4.69, 9.17) is 11.6 Å². The van der Waals surface area contributed by atoms with Gasteiger partial charge in [0.15, 0.2) is 0 Å². The maximum atomic E-state index is 5.88. The van der Waals surface area contributed by atoms with Crippen molar-refractivity contribution in [3.63, 3.8) is 0 Å². The number of H-pyrrole nitrogens is 1. The Bertz CT molecular complexity index is 480. The topological polar surface area (TPSA) is 40.7 Å². The third-order valence-electron chi connectivity index (χ3n) is 3.14. The Morgan fingerprint density at radius 1 is 1.33 bits per heavy atom. The molecule has 1 atom stereocenters. The summed E-state index contributed by atoms with van der Waals surface area (Å²) in [6.07, 6.45) is 0.919. The van der Waals surface area contributed by atoms with E-state index in [1.807, 2.05) is 24.3 Å². The van der Waals surface area contributed by atoms with Crippen LogP contribution in [0.1, 0.15) is 27.2 Å². The summed E-state index contributed by atoms with van der Waals surface area (Å²) >= 11 is 5.88. The van der Waals surface area contributed by atoms with Crippen molar-refractivity contribution in [1.82, 2.24) is 9.97 Å². The summed E-state index contributed by atoms with van der Waals surface area (Å²) in [6, 6.07) is 8.33. The molecule has 0 saturated heterocycles. The first kappa shape index (κ1) is 13.2. The number of hydrogen-bond donors (Lipinski definition) is 2. The van der Waals surface area contributed by atoms with Crippen LogP contribution in [0.4, 0.5) is 5.95 Å². The van der Waals surface area contributed by atoms with Gasteiger partial charge < -0.3 is 10.3 Å². The maximum absolute atomic E-state index is 5.88. The predicted molar refractivity (Wildman–Crippen MR) is 78.3 cm³/mol. The van der Waals surface area contributed by atoms with E-state index in [0.29, 0.717) is 11.9 Å². The van der Waals surface area contributed by atoms with Crippen LogP contribution in [0.15, 0.2) is 24.3 Å². The third kappa shape index (κ3) is 2.96. The molecule has 0 saturated carbocycles. The standard InChI is InChI=1S/C14H20ClN3/c1-14(2,3)12(8-9-15)18-13-16-10-6-4-5-7-11(10)17-13/h4-7,12H,8-9H2,1-3H3,(H2,16,17,18). The van der Waals surface area contributed by atoms with Gasteiger partial charge in [0.25, 0.3) is 0 Å². The first-order valence-corrected chi connectivity index (χ1v) is 6.81. The molecule has 0 fully saturated rings. The van der Waals surface area contributed by atoms with Crippen molar-refractivity contribution < 1.29 is 0 Å². The number of fused-ring (bicyclic) bond motifs is 1. The Labute approximate surface area is 113 Å². The monoisotopic (exact) mass is 265 g/mol. The number of nitrogens with one attached hydrogen (secondary N) is 2. The summed E-state index contributed by atoms with van der Waals surface area (Å²) in [4.78, 5) is 7.83. The number of para-hydroxylation sites is 2. The van der Waals surface area contributed by atoms with Crippen molar-refractivity contribution in [1.29, 1.82) is 0 Å². The summed E-state index contributed by atoms with van der Waals surface area (Å²) in [7, 11) is 0. The van der Waals surface area contributed by atoms with Crippen LogP contribution in [0.3, 0.4) is 0 Å². The van der Waals surface area contributed by atoms with Gasteiger partial charge in [0.1, 0.15) is 0 Å². The van der Waals surface area contributed by atoms with E-state index in [1.165, 1.54) is 0 Å². The second-order valence-electron chi connectivity index (χ2n) is 5.64. The van der Waals surface area contributed by atoms with Gasteiger partial charge in [-0.05, 0) is 24.0 Å². The minimum atomic E-state index is 0.147. The quantitative estimate of drug-likeness (QED) is 0.820. The molecule has 1 heterocycles. The Morgan fingerprint density at radius 3 is 2.67 bits per heavy atom. The molecule has 0 amide bonds. The Morgan fingerprint density at radius 2 is 2.06 bits per heavy atom. The minimum absolute atomic E-state index is 0.147. The van der Waals surface area contributed by atoms with E-state index in [2.05, 4.69) is 36.1 Å². The number of imidazole rings is 1. The smallest absolute Gasteiger partial charge is 0.201 e. The van der Waals surface area contributed by atoms with Crippen molar-refractivity contribution in [2.24, 2.45) is 5.41 Å². The molecular weight excluding hydrogens is 246 g/mol. The van der Waals surface area contributed by atoms with E-state index >= 15 is 0 Å². The van der Waals surface area contributed by atoms with Crippen molar-refractivity contribution in [3.8, 4) is 0 Å². The van der Waals surface area contributed by atoms with Crippen LogP contribution in [-0.2, 0) is 0 Å². The number of anilines is 1. The molecule has 2 N–H and O–H groups in total. The molecule has 1 unspecified atom stereocenters. The number of benzene rings is 1. The van der Waals surface area contributed by atoms with Crippen molar-refractivity contribution >= 4 is 28.6 Å². The molecule has 4 heteroatoms. The molecule has 2 aromatic rings. The Balaban J connectivity index is 2.20. The zero-order valence-corrected chi connectivity index (χ0v) is 11.9. The van der Waals surface area contributed by atoms with Gasteiger partial charge in [0.05, 0.1) is 11.0 Å². The summed E-state index contributed by atoms with van der Waals surface area (Å²) < 4.78 is 0. The van der Waals surface area contributed by atoms with E-state index in [-0.39, 0.29) is 5.41 Å². The van der Waals surface area contributed by atoms with Crippen LogP contribution >= 0.6 is 11.6 Å². The van der Waals surface area contributed by atoms with Gasteiger partial charge in [-0.1, -0.05) is 32.9 Å². The molecule has 0 aliphatic heterocycles. The van der Waals surface area contributed by atoms with Crippen LogP contribution in [0.25, 0.3) is 11.0 Å². The highest BCUT2D eigenvalue weighted by Crippen LogP contribution is 2.25. The molecule has 2 rings (SSSR count). The zero-order valence-electron chi connectivity index (χ0n) is 11.1. The molecule has 0 radical (unpaired) electrons. The van der Waals surface area contributed by atoms with Gasteiger partial charge in [-0.25, -0.2) is 4.98 Å². The fourth-order valence-electron chi connectivity index (χ4n) is 2.02. The number of aromatic nitrogens is 2. The second kappa shape index (κ2) is 5.19. The molecule has 98 valence electrons. The van der Waals surface area contributed by atoms with Gasteiger partial charge in [0, 0.05) is 11.9 Å². The number of alkyl halides is 1. The molecule has 1 aromatic heterocycles. The second-order valence-corrected chi connectivity index (χ2v) is 6.02. The van der Waals surface area contributed by atoms with Gasteiger partial charge in [0.2, 0.25) is 5.95 Å². The average Bonchev–Trinajstić information content (AvgIpc) is 2.69. The maximum Gasteiger partial charge on any atom is 0.201 e. The van der Waals surface area contributed by atoms with Gasteiger partial charge in [-0.15, -0.1) is 11.6 Å². The van der Waals surface area contributed by atoms with E-state index < -0.39 is 0 Å². The van der Waals surface area contributed by atoms with Gasteiger partial charge in [-0.3, -0.25) is 0 Å². The third-order valence-corrected chi connectivity index (χ3v) is 3.36. The number of aromatic amines is 1. The van der Waals surface area contributed by atoms with E-state index in [9.17, 15) is 0 Å². The van der Waals surface area contributed by atoms with Crippen molar-refractivity contribution in [3.05, 3.63) is 24.3 Å². The van der Waals surface area contributed by atoms with Crippen LogP contribution in [-0.4, -0.2) is 21.9 Å². The normalized spacial score (nSPS) is 13.8. The molecule has 0 bridgehead atoms. The SMILES string of the molecule is CC(C)(C)C(CCCl)Nc1nc2ccccc2[nH]1. The van der Waals surface area contributed by atoms with Crippen molar-refractivity contribution in [2.45, 2.75) is 33.2 Å². The lowest BCUT2D eigenvalue weighted by Gasteiger charge is -2.30. The van der Waals surface area contributed by atoms with E-state index in [0.717, 1.165) is 23.4 Å². The summed E-state index contributed by atoms with van der Waals surface area (Å²) in [5, 5.41) is 3.46. The average molecular weight is 266 g/mol. The van der Waals surface area contributed by atoms with Gasteiger partial charge in [-0.2, -0.15) is 0 Å². The fraction of sp³-hybridized carbons (Fsp3) is 0.500. The molecule has 1 aromatic carbocycles. The summed E-state index contributed by atoms with van der Waals surface area (Å²) in [5.41, 5.74) is 2.19. The molecule has 3 nitrogen and oxygen atoms in total. The number of hydrogen-bond acceptors (Lipinski definition) is 2. The highest BCUT2D eigenvalue weighted by atomic mass is 35.5. The first-order chi connectivity index (χ1) is 8.50. The molecule has 0 aliphatic carbocycles. The number of nitrogens with zero attached hydrogens (tertiary/aromatic N) is 1. The van der Waals surface area contributed by atoms with Crippen LogP contribution in [0.5, 0.6) is 0 Å². The molecule has 0 spiro atoms. The zero-order chi connectivity index (χ0) is 13.2. The minimum Gasteiger partial charge on any atom is -0.352 e. The van der Waals surface area contributed by atoms with Crippen LogP contribution in [0.2, 0.25) is 0 Å². The lowest BCUT2D eigenvalue weighted by atomic mass is 9.85. The van der Waals surface area contributed by atoms with Crippen LogP contribution in [0, 0.1) is 5.41 Å². The van der Waals surface area contributed by atoms with Crippen LogP contribution < -0.4 is 5.32 Å².